The van der Waals surface area contributed by atoms with Crippen LogP contribution >= 0.6 is 0 Å². The lowest BCUT2D eigenvalue weighted by Crippen LogP contribution is -2.43. The summed E-state index contributed by atoms with van der Waals surface area (Å²) in [7, 11) is 1.28. The Morgan fingerprint density at radius 3 is 2.42 bits per heavy atom. The topological polar surface area (TPSA) is 108 Å². The zero-order valence-electron chi connectivity index (χ0n) is 20.4. The van der Waals surface area contributed by atoms with Gasteiger partial charge >= 0.3 is 6.09 Å². The van der Waals surface area contributed by atoms with Gasteiger partial charge in [0, 0.05) is 22.0 Å². The first kappa shape index (κ1) is 23.4. The summed E-state index contributed by atoms with van der Waals surface area (Å²) in [6.45, 7) is 1.48. The molecule has 6 rings (SSSR count). The average molecular weight is 509 g/mol. The van der Waals surface area contributed by atoms with Crippen molar-refractivity contribution >= 4 is 56.7 Å². The number of hydrogen-bond donors (Lipinski definition) is 1. The number of carbonyl (C=O) groups is 3. The lowest BCUT2D eigenvalue weighted by Gasteiger charge is -2.23. The summed E-state index contributed by atoms with van der Waals surface area (Å²) in [6, 6.07) is 19.5. The number of hydrogen-bond acceptors (Lipinski definition) is 6. The fourth-order valence-corrected chi connectivity index (χ4v) is 5.35. The van der Waals surface area contributed by atoms with Gasteiger partial charge in [0.15, 0.2) is 0 Å². The summed E-state index contributed by atoms with van der Waals surface area (Å²) in [5.41, 5.74) is 6.46. The minimum Gasteiger partial charge on any atom is -0.452 e. The Kier molecular flexibility index (Phi) is 5.06. The van der Waals surface area contributed by atoms with Gasteiger partial charge in [-0.15, -0.1) is 0 Å². The van der Waals surface area contributed by atoms with E-state index in [4.69, 9.17) is 10.5 Å². The molecule has 0 saturated heterocycles. The van der Waals surface area contributed by atoms with E-state index in [1.807, 2.05) is 12.1 Å². The van der Waals surface area contributed by atoms with Crippen LogP contribution in [0.2, 0.25) is 0 Å². The van der Waals surface area contributed by atoms with Crippen LogP contribution in [0.15, 0.2) is 79.0 Å². The summed E-state index contributed by atoms with van der Waals surface area (Å²) in [5.74, 6) is -1.85. The summed E-state index contributed by atoms with van der Waals surface area (Å²) >= 11 is 0. The van der Waals surface area contributed by atoms with E-state index in [9.17, 15) is 18.8 Å². The molecular weight excluding hydrogens is 487 g/mol. The fourth-order valence-electron chi connectivity index (χ4n) is 5.35. The maximum atomic E-state index is 14.8. The van der Waals surface area contributed by atoms with Crippen LogP contribution in [-0.2, 0) is 14.9 Å². The van der Waals surface area contributed by atoms with Crippen LogP contribution in [0.4, 0.5) is 26.2 Å². The van der Waals surface area contributed by atoms with E-state index in [2.05, 4.69) is 4.98 Å². The van der Waals surface area contributed by atoms with Gasteiger partial charge in [-0.1, -0.05) is 36.4 Å². The highest BCUT2D eigenvalue weighted by molar-refractivity contribution is 6.29. The number of fused-ring (bicyclic) bond motifs is 4. The molecule has 0 spiro atoms. The number of ether oxygens (including phenoxy) is 1. The molecule has 3 aromatic carbocycles. The third-order valence-electron chi connectivity index (χ3n) is 7.14. The van der Waals surface area contributed by atoms with Crippen molar-refractivity contribution in [2.45, 2.75) is 12.3 Å². The van der Waals surface area contributed by atoms with Crippen LogP contribution in [0.1, 0.15) is 23.0 Å². The molecule has 8 nitrogen and oxygen atoms in total. The van der Waals surface area contributed by atoms with Gasteiger partial charge in [-0.3, -0.25) is 19.5 Å². The average Bonchev–Trinajstić information content (AvgIpc) is 3.38. The van der Waals surface area contributed by atoms with Crippen molar-refractivity contribution in [3.8, 4) is 0 Å². The van der Waals surface area contributed by atoms with Crippen molar-refractivity contribution in [2.24, 2.45) is 0 Å². The first-order valence-electron chi connectivity index (χ1n) is 11.8. The first-order chi connectivity index (χ1) is 18.3. The quantitative estimate of drug-likeness (QED) is 0.200. The second kappa shape index (κ2) is 8.24. The lowest BCUT2D eigenvalue weighted by molar-refractivity contribution is -0.120. The number of nitrogens with zero attached hydrogens (tertiary/aromatic N) is 3. The Labute approximate surface area is 216 Å². The van der Waals surface area contributed by atoms with Gasteiger partial charge in [0.05, 0.1) is 35.7 Å². The second-order valence-corrected chi connectivity index (χ2v) is 9.20. The maximum Gasteiger partial charge on any atom is 0.418 e. The number of benzene rings is 3. The van der Waals surface area contributed by atoms with Crippen LogP contribution in [0.5, 0.6) is 0 Å². The first-order valence-corrected chi connectivity index (χ1v) is 11.8. The van der Waals surface area contributed by atoms with Crippen molar-refractivity contribution in [1.82, 2.24) is 9.55 Å². The number of carbonyl (C=O) groups excluding carboxylic acids is 3. The summed E-state index contributed by atoms with van der Waals surface area (Å²) < 4.78 is 21.2. The van der Waals surface area contributed by atoms with Crippen molar-refractivity contribution in [3.05, 3.63) is 96.1 Å². The molecule has 0 bridgehead atoms. The predicted octanol–water partition coefficient (Wildman–Crippen LogP) is 5.34. The molecule has 0 aliphatic carbocycles. The molecule has 2 N–H and O–H groups in total. The number of rotatable bonds is 3. The van der Waals surface area contributed by atoms with Crippen molar-refractivity contribution in [2.75, 3.05) is 17.7 Å². The monoisotopic (exact) mass is 508 g/mol. The van der Waals surface area contributed by atoms with Gasteiger partial charge in [0.25, 0.3) is 0 Å². The Hall–Kier alpha value is -5.05. The molecule has 9 heteroatoms. The number of Topliss-reactive ketones (excluding diaryl/α,β-unsaturated/α-hetero) is 1. The van der Waals surface area contributed by atoms with Crippen LogP contribution in [-0.4, -0.2) is 34.4 Å². The molecule has 188 valence electrons. The molecule has 5 aromatic rings. The van der Waals surface area contributed by atoms with E-state index >= 15 is 0 Å². The molecule has 0 radical (unpaired) electrons. The molecule has 1 aliphatic rings. The number of methoxy groups -OCH3 is 1. The highest BCUT2D eigenvalue weighted by atomic mass is 19.1. The zero-order valence-corrected chi connectivity index (χ0v) is 20.4. The smallest absolute Gasteiger partial charge is 0.418 e. The molecule has 0 unspecified atom stereocenters. The molecule has 38 heavy (non-hydrogen) atoms. The molecule has 1 amide bonds. The maximum absolute atomic E-state index is 14.8. The van der Waals surface area contributed by atoms with E-state index in [1.54, 1.807) is 42.5 Å². The number of aromatic nitrogens is 2. The highest BCUT2D eigenvalue weighted by Crippen LogP contribution is 2.50. The molecule has 0 fully saturated rings. The van der Waals surface area contributed by atoms with Crippen LogP contribution in [0.3, 0.4) is 0 Å². The van der Waals surface area contributed by atoms with E-state index in [1.165, 1.54) is 47.9 Å². The molecular formula is C29H21FN4O4. The molecule has 0 saturated carbocycles. The van der Waals surface area contributed by atoms with Crippen molar-refractivity contribution < 1.29 is 23.5 Å². The normalized spacial score (nSPS) is 16.7. The number of nitrogens with two attached hydrogens (primary N) is 1. The SMILES string of the molecule is COC(=O)n1c2ccccc2c2cc(C(=O)[C@@]3(C)C(=O)N(c4ccccc4F)c4cccc(N)c43)ncc21. The van der Waals surface area contributed by atoms with Crippen LogP contribution in [0.25, 0.3) is 21.8 Å². The Bertz CT molecular complexity index is 1830. The minimum absolute atomic E-state index is 0.00528. The number of halogens is 1. The van der Waals surface area contributed by atoms with E-state index in [-0.39, 0.29) is 22.6 Å². The van der Waals surface area contributed by atoms with Gasteiger partial charge < -0.3 is 10.5 Å². The summed E-state index contributed by atoms with van der Waals surface area (Å²) in [5, 5.41) is 1.30. The fraction of sp³-hybridized carbons (Fsp3) is 0.103. The lowest BCUT2D eigenvalue weighted by atomic mass is 9.77. The Morgan fingerprint density at radius 2 is 1.66 bits per heavy atom. The molecule has 1 atom stereocenters. The second-order valence-electron chi connectivity index (χ2n) is 9.20. The molecule has 2 aromatic heterocycles. The number of pyridine rings is 1. The third-order valence-corrected chi connectivity index (χ3v) is 7.14. The van der Waals surface area contributed by atoms with Gasteiger partial charge in [-0.05, 0) is 43.3 Å². The molecule has 1 aliphatic heterocycles. The van der Waals surface area contributed by atoms with Crippen LogP contribution < -0.4 is 10.6 Å². The number of para-hydroxylation sites is 2. The summed E-state index contributed by atoms with van der Waals surface area (Å²) in [6.07, 6.45) is 0.809. The summed E-state index contributed by atoms with van der Waals surface area (Å²) in [4.78, 5) is 46.3. The Morgan fingerprint density at radius 1 is 0.947 bits per heavy atom. The Balaban J connectivity index is 1.56. The van der Waals surface area contributed by atoms with Gasteiger partial charge in [0.1, 0.15) is 16.9 Å². The number of nitrogen functional groups attached to an aromatic ring is 1. The minimum atomic E-state index is -1.77. The number of amides is 1. The van der Waals surface area contributed by atoms with E-state index in [0.29, 0.717) is 27.5 Å². The van der Waals surface area contributed by atoms with Gasteiger partial charge in [0.2, 0.25) is 11.7 Å². The highest BCUT2D eigenvalue weighted by Gasteiger charge is 2.55. The molecule has 3 heterocycles. The van der Waals surface area contributed by atoms with Gasteiger partial charge in [-0.25, -0.2) is 13.8 Å². The van der Waals surface area contributed by atoms with Crippen molar-refractivity contribution in [3.63, 3.8) is 0 Å². The zero-order chi connectivity index (χ0) is 26.8. The standard InChI is InChI=1S/C29H21FN4O4/c1-29(25-19(31)10-7-13-23(25)33(27(29)36)22-12-6-4-9-18(22)30)26(35)20-14-17-16-8-3-5-11-21(16)34(28(37)38-2)24(17)15-32-20/h3-15H,31H2,1-2H3/t29-/m0/s1. The predicted molar refractivity (Wildman–Crippen MR) is 141 cm³/mol. The van der Waals surface area contributed by atoms with E-state index in [0.717, 1.165) is 0 Å². The van der Waals surface area contributed by atoms with Gasteiger partial charge in [-0.2, -0.15) is 0 Å². The van der Waals surface area contributed by atoms with Crippen LogP contribution in [0, 0.1) is 5.82 Å². The number of anilines is 3. The largest absolute Gasteiger partial charge is 0.452 e. The van der Waals surface area contributed by atoms with Crippen molar-refractivity contribution in [1.29, 1.82) is 0 Å². The third kappa shape index (κ3) is 3.02. The number of ketones is 1. The van der Waals surface area contributed by atoms with E-state index < -0.39 is 29.0 Å².